The van der Waals surface area contributed by atoms with Crippen molar-refractivity contribution >= 4 is 0 Å². The smallest absolute Gasteiger partial charge is 0.0175 e. The maximum atomic E-state index is 3.94. The average molecular weight is 264 g/mol. The van der Waals surface area contributed by atoms with Crippen molar-refractivity contribution in [2.45, 2.75) is 65.3 Å². The van der Waals surface area contributed by atoms with Crippen LogP contribution in [0.15, 0.2) is 0 Å². The molecule has 3 rings (SSSR count). The van der Waals surface area contributed by atoms with Gasteiger partial charge in [0.2, 0.25) is 0 Å². The van der Waals surface area contributed by atoms with E-state index >= 15 is 0 Å². The topological polar surface area (TPSA) is 15.3 Å². The molecule has 0 spiro atoms. The van der Waals surface area contributed by atoms with Gasteiger partial charge >= 0.3 is 0 Å². The molecule has 1 N–H and O–H groups in total. The van der Waals surface area contributed by atoms with Crippen molar-refractivity contribution in [3.05, 3.63) is 0 Å². The van der Waals surface area contributed by atoms with Gasteiger partial charge in [0.1, 0.15) is 0 Å². The Balaban J connectivity index is 1.46. The van der Waals surface area contributed by atoms with Gasteiger partial charge in [-0.1, -0.05) is 20.8 Å². The molecule has 2 bridgehead atoms. The Bertz CT molecular complexity index is 314. The third-order valence-corrected chi connectivity index (χ3v) is 6.47. The van der Waals surface area contributed by atoms with E-state index in [1.807, 2.05) is 0 Å². The van der Waals surface area contributed by atoms with Crippen LogP contribution < -0.4 is 5.32 Å². The Morgan fingerprint density at radius 1 is 1.16 bits per heavy atom. The molecular formula is C17H32N2. The molecule has 0 aromatic heterocycles. The maximum Gasteiger partial charge on any atom is 0.0175 e. The van der Waals surface area contributed by atoms with Crippen molar-refractivity contribution in [3.8, 4) is 0 Å². The lowest BCUT2D eigenvalue weighted by atomic mass is 9.68. The first-order valence-electron chi connectivity index (χ1n) is 8.48. The van der Waals surface area contributed by atoms with E-state index in [4.69, 9.17) is 0 Å². The van der Waals surface area contributed by atoms with Crippen LogP contribution in [-0.4, -0.2) is 37.1 Å². The summed E-state index contributed by atoms with van der Waals surface area (Å²) < 4.78 is 0. The molecule has 2 saturated carbocycles. The summed E-state index contributed by atoms with van der Waals surface area (Å²) in [5.41, 5.74) is 1.10. The van der Waals surface area contributed by atoms with Gasteiger partial charge in [-0.2, -0.15) is 0 Å². The lowest BCUT2D eigenvalue weighted by Crippen LogP contribution is -2.50. The summed E-state index contributed by atoms with van der Waals surface area (Å²) in [7, 11) is 0. The molecule has 1 saturated heterocycles. The number of rotatable bonds is 5. The first-order valence-corrected chi connectivity index (χ1v) is 8.48. The normalized spacial score (nSPS) is 41.2. The van der Waals surface area contributed by atoms with E-state index in [-0.39, 0.29) is 0 Å². The van der Waals surface area contributed by atoms with E-state index in [0.29, 0.717) is 10.8 Å². The average Bonchev–Trinajstić information content (AvgIpc) is 3.01. The number of hydrogen-bond donors (Lipinski definition) is 1. The minimum absolute atomic E-state index is 0.515. The van der Waals surface area contributed by atoms with E-state index in [1.54, 1.807) is 0 Å². The number of hydrogen-bond acceptors (Lipinski definition) is 2. The highest BCUT2D eigenvalue weighted by atomic mass is 15.1. The Morgan fingerprint density at radius 3 is 2.53 bits per heavy atom. The van der Waals surface area contributed by atoms with Gasteiger partial charge in [0.25, 0.3) is 0 Å². The second kappa shape index (κ2) is 5.04. The van der Waals surface area contributed by atoms with Crippen molar-refractivity contribution in [2.75, 3.05) is 26.2 Å². The Morgan fingerprint density at radius 2 is 1.89 bits per heavy atom. The van der Waals surface area contributed by atoms with Crippen molar-refractivity contribution in [3.63, 3.8) is 0 Å². The SMILES string of the molecule is CC1(C)C(NCCCN2CCCC2)[C@]2(C)CC[C@H]1C2. The van der Waals surface area contributed by atoms with E-state index in [1.165, 1.54) is 64.7 Å². The Kier molecular flexibility index (Phi) is 3.68. The van der Waals surface area contributed by atoms with Crippen LogP contribution in [0.2, 0.25) is 0 Å². The van der Waals surface area contributed by atoms with Crippen LogP contribution in [-0.2, 0) is 0 Å². The molecule has 2 heteroatoms. The largest absolute Gasteiger partial charge is 0.313 e. The molecule has 3 fully saturated rings. The van der Waals surface area contributed by atoms with Gasteiger partial charge in [0, 0.05) is 6.04 Å². The Hall–Kier alpha value is -0.0800. The lowest BCUT2D eigenvalue weighted by molar-refractivity contribution is 0.108. The van der Waals surface area contributed by atoms with Crippen molar-refractivity contribution < 1.29 is 0 Å². The minimum Gasteiger partial charge on any atom is -0.313 e. The van der Waals surface area contributed by atoms with Crippen LogP contribution in [0.5, 0.6) is 0 Å². The molecular weight excluding hydrogens is 232 g/mol. The van der Waals surface area contributed by atoms with Crippen LogP contribution in [0.3, 0.4) is 0 Å². The van der Waals surface area contributed by atoms with Gasteiger partial charge in [-0.05, 0) is 81.5 Å². The molecule has 0 radical (unpaired) electrons. The second-order valence-electron chi connectivity index (χ2n) is 8.20. The predicted octanol–water partition coefficient (Wildman–Crippen LogP) is 3.28. The summed E-state index contributed by atoms with van der Waals surface area (Å²) in [6, 6.07) is 0.748. The molecule has 0 aromatic rings. The molecule has 19 heavy (non-hydrogen) atoms. The molecule has 3 aliphatic rings. The first kappa shape index (κ1) is 13.9. The summed E-state index contributed by atoms with van der Waals surface area (Å²) in [5.74, 6) is 0.966. The quantitative estimate of drug-likeness (QED) is 0.767. The molecule has 2 nitrogen and oxygen atoms in total. The third-order valence-electron chi connectivity index (χ3n) is 6.47. The van der Waals surface area contributed by atoms with Crippen LogP contribution in [0, 0.1) is 16.7 Å². The molecule has 1 heterocycles. The third kappa shape index (κ3) is 2.47. The van der Waals surface area contributed by atoms with Crippen molar-refractivity contribution in [1.82, 2.24) is 10.2 Å². The van der Waals surface area contributed by atoms with E-state index < -0.39 is 0 Å². The molecule has 0 amide bonds. The summed E-state index contributed by atoms with van der Waals surface area (Å²) >= 11 is 0. The lowest BCUT2D eigenvalue weighted by Gasteiger charge is -2.43. The predicted molar refractivity (Wildman–Crippen MR) is 81.3 cm³/mol. The maximum absolute atomic E-state index is 3.94. The van der Waals surface area contributed by atoms with Gasteiger partial charge in [-0.3, -0.25) is 0 Å². The van der Waals surface area contributed by atoms with E-state index in [2.05, 4.69) is 31.0 Å². The number of fused-ring (bicyclic) bond motifs is 2. The summed E-state index contributed by atoms with van der Waals surface area (Å²) in [4.78, 5) is 2.63. The fourth-order valence-electron chi connectivity index (χ4n) is 5.37. The van der Waals surface area contributed by atoms with Gasteiger partial charge < -0.3 is 10.2 Å². The van der Waals surface area contributed by atoms with Gasteiger partial charge in [-0.15, -0.1) is 0 Å². The van der Waals surface area contributed by atoms with Crippen molar-refractivity contribution in [2.24, 2.45) is 16.7 Å². The van der Waals surface area contributed by atoms with Crippen LogP contribution >= 0.6 is 0 Å². The standard InChI is InChI=1S/C17H32N2/c1-16(2)14-7-8-17(3,13-14)15(16)18-9-6-12-19-10-4-5-11-19/h14-15,18H,4-13H2,1-3H3/t14-,15?,17+/m0/s1. The summed E-state index contributed by atoms with van der Waals surface area (Å²) in [6.07, 6.45) is 8.54. The highest BCUT2D eigenvalue weighted by Gasteiger charge is 2.58. The Labute approximate surface area is 119 Å². The zero-order chi connectivity index (χ0) is 13.5. The second-order valence-corrected chi connectivity index (χ2v) is 8.20. The molecule has 110 valence electrons. The molecule has 1 aliphatic heterocycles. The van der Waals surface area contributed by atoms with Crippen LogP contribution in [0.4, 0.5) is 0 Å². The zero-order valence-electron chi connectivity index (χ0n) is 13.2. The van der Waals surface area contributed by atoms with E-state index in [0.717, 1.165) is 12.0 Å². The number of likely N-dealkylation sites (tertiary alicyclic amines) is 1. The molecule has 1 unspecified atom stereocenters. The van der Waals surface area contributed by atoms with Gasteiger partial charge in [0.05, 0.1) is 0 Å². The first-order chi connectivity index (χ1) is 9.02. The van der Waals surface area contributed by atoms with Gasteiger partial charge in [-0.25, -0.2) is 0 Å². The van der Waals surface area contributed by atoms with Crippen molar-refractivity contribution in [1.29, 1.82) is 0 Å². The molecule has 2 aliphatic carbocycles. The van der Waals surface area contributed by atoms with Gasteiger partial charge in [0.15, 0.2) is 0 Å². The summed E-state index contributed by atoms with van der Waals surface area (Å²) in [5, 5.41) is 3.94. The van der Waals surface area contributed by atoms with E-state index in [9.17, 15) is 0 Å². The summed E-state index contributed by atoms with van der Waals surface area (Å²) in [6.45, 7) is 12.7. The van der Waals surface area contributed by atoms with Crippen LogP contribution in [0.25, 0.3) is 0 Å². The highest BCUT2D eigenvalue weighted by molar-refractivity contribution is 5.11. The fourth-order valence-corrected chi connectivity index (χ4v) is 5.37. The number of nitrogens with zero attached hydrogens (tertiary/aromatic N) is 1. The zero-order valence-corrected chi connectivity index (χ0v) is 13.2. The fraction of sp³-hybridized carbons (Fsp3) is 1.00. The molecule has 3 atom stereocenters. The minimum atomic E-state index is 0.515. The monoisotopic (exact) mass is 264 g/mol. The number of nitrogens with one attached hydrogen (secondary N) is 1. The highest BCUT2D eigenvalue weighted by Crippen LogP contribution is 2.62. The molecule has 0 aromatic carbocycles. The van der Waals surface area contributed by atoms with Crippen LogP contribution in [0.1, 0.15) is 59.3 Å².